The van der Waals surface area contributed by atoms with E-state index in [1.54, 1.807) is 6.07 Å². The number of carboxylic acid groups (broad SMARTS) is 1. The molecule has 0 amide bonds. The summed E-state index contributed by atoms with van der Waals surface area (Å²) in [6.07, 6.45) is 1.29. The number of methoxy groups -OCH3 is 1. The zero-order chi connectivity index (χ0) is 12.0. The van der Waals surface area contributed by atoms with Gasteiger partial charge in [-0.1, -0.05) is 11.8 Å². The van der Waals surface area contributed by atoms with E-state index in [2.05, 4.69) is 21.6 Å². The molecule has 0 unspecified atom stereocenters. The van der Waals surface area contributed by atoms with Gasteiger partial charge in [0.25, 0.3) is 0 Å². The van der Waals surface area contributed by atoms with Gasteiger partial charge in [0.05, 0.1) is 12.7 Å². The maximum atomic E-state index is 10.8. The van der Waals surface area contributed by atoms with Gasteiger partial charge in [-0.15, -0.1) is 0 Å². The van der Waals surface area contributed by atoms with Crippen molar-refractivity contribution in [2.75, 3.05) is 7.11 Å². The summed E-state index contributed by atoms with van der Waals surface area (Å²) in [7, 11) is 1.26. The molecule has 0 bridgehead atoms. The fraction of sp³-hybridized carbons (Fsp3) is 0.182. The average molecular weight is 219 g/mol. The van der Waals surface area contributed by atoms with Crippen molar-refractivity contribution < 1.29 is 19.4 Å². The van der Waals surface area contributed by atoms with Gasteiger partial charge in [-0.3, -0.25) is 4.79 Å². The molecule has 1 rings (SSSR count). The Kier molecular flexibility index (Phi) is 4.04. The molecule has 0 radical (unpaired) electrons. The average Bonchev–Trinajstić information content (AvgIpc) is 2.29. The van der Waals surface area contributed by atoms with Crippen molar-refractivity contribution in [3.05, 3.63) is 29.6 Å². The Labute approximate surface area is 92.1 Å². The van der Waals surface area contributed by atoms with Crippen LogP contribution in [0.25, 0.3) is 0 Å². The molecule has 1 aromatic heterocycles. The van der Waals surface area contributed by atoms with Crippen molar-refractivity contribution in [3.63, 3.8) is 0 Å². The number of esters is 1. The van der Waals surface area contributed by atoms with Crippen molar-refractivity contribution in [3.8, 4) is 11.8 Å². The van der Waals surface area contributed by atoms with Gasteiger partial charge in [0.1, 0.15) is 6.42 Å². The summed E-state index contributed by atoms with van der Waals surface area (Å²) in [5.41, 5.74) is 0.152. The molecule has 0 aliphatic heterocycles. The zero-order valence-electron chi connectivity index (χ0n) is 8.56. The van der Waals surface area contributed by atoms with Crippen molar-refractivity contribution >= 4 is 11.9 Å². The first-order valence-corrected chi connectivity index (χ1v) is 4.39. The van der Waals surface area contributed by atoms with Gasteiger partial charge >= 0.3 is 11.9 Å². The summed E-state index contributed by atoms with van der Waals surface area (Å²) in [6, 6.07) is 3.11. The third-order valence-electron chi connectivity index (χ3n) is 1.69. The summed E-state index contributed by atoms with van der Waals surface area (Å²) in [5.74, 6) is 3.47. The van der Waals surface area contributed by atoms with Crippen LogP contribution in [-0.2, 0) is 9.53 Å². The van der Waals surface area contributed by atoms with Gasteiger partial charge in [-0.25, -0.2) is 9.78 Å². The number of rotatable bonds is 2. The third-order valence-corrected chi connectivity index (χ3v) is 1.69. The highest BCUT2D eigenvalue weighted by atomic mass is 16.5. The van der Waals surface area contributed by atoms with Crippen LogP contribution in [0.1, 0.15) is 22.5 Å². The number of hydrogen-bond acceptors (Lipinski definition) is 4. The molecule has 0 aliphatic rings. The van der Waals surface area contributed by atoms with E-state index in [9.17, 15) is 9.59 Å². The van der Waals surface area contributed by atoms with Crippen LogP contribution in [0.15, 0.2) is 18.3 Å². The molecule has 1 aromatic rings. The molecule has 0 saturated heterocycles. The molecule has 0 spiro atoms. The lowest BCUT2D eigenvalue weighted by atomic mass is 10.2. The number of nitrogens with zero attached hydrogens (tertiary/aromatic N) is 1. The maximum absolute atomic E-state index is 10.8. The van der Waals surface area contributed by atoms with Gasteiger partial charge in [-0.2, -0.15) is 0 Å². The third kappa shape index (κ3) is 3.10. The van der Waals surface area contributed by atoms with Crippen molar-refractivity contribution in [2.45, 2.75) is 6.42 Å². The van der Waals surface area contributed by atoms with Crippen LogP contribution in [0, 0.1) is 11.8 Å². The number of aromatic carboxylic acids is 1. The minimum atomic E-state index is -1.15. The van der Waals surface area contributed by atoms with Crippen LogP contribution in [0.5, 0.6) is 0 Å². The molecule has 0 fully saturated rings. The van der Waals surface area contributed by atoms with Crippen LogP contribution in [0.3, 0.4) is 0 Å². The van der Waals surface area contributed by atoms with Gasteiger partial charge in [0.15, 0.2) is 5.69 Å². The summed E-state index contributed by atoms with van der Waals surface area (Å²) in [4.78, 5) is 25.2. The number of carbonyl (C=O) groups excluding carboxylic acids is 1. The molecule has 1 heterocycles. The quantitative estimate of drug-likeness (QED) is 0.585. The van der Waals surface area contributed by atoms with E-state index in [1.165, 1.54) is 19.4 Å². The molecule has 0 aliphatic carbocycles. The molecule has 82 valence electrons. The SMILES string of the molecule is COC(=O)CC#Cc1cccnc1C(=O)O. The number of pyridine rings is 1. The smallest absolute Gasteiger partial charge is 0.355 e. The maximum Gasteiger partial charge on any atom is 0.355 e. The molecule has 16 heavy (non-hydrogen) atoms. The van der Waals surface area contributed by atoms with Crippen LogP contribution in [0.2, 0.25) is 0 Å². The molecule has 0 aromatic carbocycles. The Morgan fingerprint density at radius 3 is 2.94 bits per heavy atom. The van der Waals surface area contributed by atoms with E-state index < -0.39 is 11.9 Å². The highest BCUT2D eigenvalue weighted by Gasteiger charge is 2.08. The molecular weight excluding hydrogens is 210 g/mol. The van der Waals surface area contributed by atoms with Crippen LogP contribution in [-0.4, -0.2) is 29.1 Å². The standard InChI is InChI=1S/C11H9NO4/c1-16-9(13)6-2-4-8-5-3-7-12-10(8)11(14)15/h3,5,7H,6H2,1H3,(H,14,15). The summed E-state index contributed by atoms with van der Waals surface area (Å²) in [6.45, 7) is 0. The van der Waals surface area contributed by atoms with Crippen LogP contribution < -0.4 is 0 Å². The predicted octanol–water partition coefficient (Wildman–Crippen LogP) is 0.694. The second-order valence-corrected chi connectivity index (χ2v) is 2.76. The lowest BCUT2D eigenvalue weighted by Gasteiger charge is -1.95. The van der Waals surface area contributed by atoms with E-state index in [0.717, 1.165) is 0 Å². The van der Waals surface area contributed by atoms with Crippen molar-refractivity contribution in [2.24, 2.45) is 0 Å². The predicted molar refractivity (Wildman–Crippen MR) is 54.7 cm³/mol. The molecular formula is C11H9NO4. The number of carbonyl (C=O) groups is 2. The highest BCUT2D eigenvalue weighted by Crippen LogP contribution is 2.03. The number of aromatic nitrogens is 1. The van der Waals surface area contributed by atoms with Crippen LogP contribution in [0.4, 0.5) is 0 Å². The Hall–Kier alpha value is -2.35. The fourth-order valence-electron chi connectivity index (χ4n) is 0.960. The molecule has 5 nitrogen and oxygen atoms in total. The monoisotopic (exact) mass is 219 g/mol. The Morgan fingerprint density at radius 1 is 1.56 bits per heavy atom. The topological polar surface area (TPSA) is 76.5 Å². The minimum Gasteiger partial charge on any atom is -0.476 e. The Bertz CT molecular complexity index is 470. The van der Waals surface area contributed by atoms with E-state index in [-0.39, 0.29) is 17.7 Å². The summed E-state index contributed by atoms with van der Waals surface area (Å²) in [5, 5.41) is 8.80. The highest BCUT2D eigenvalue weighted by molar-refractivity contribution is 5.88. The minimum absolute atomic E-state index is 0.0789. The van der Waals surface area contributed by atoms with E-state index >= 15 is 0 Å². The summed E-state index contributed by atoms with van der Waals surface area (Å²) < 4.78 is 4.39. The molecule has 0 atom stereocenters. The molecule has 1 N–H and O–H groups in total. The van der Waals surface area contributed by atoms with Crippen molar-refractivity contribution in [1.82, 2.24) is 4.98 Å². The van der Waals surface area contributed by atoms with E-state index in [4.69, 9.17) is 5.11 Å². The first kappa shape index (κ1) is 11.7. The van der Waals surface area contributed by atoms with E-state index in [1.807, 2.05) is 0 Å². The number of carboxylic acids is 1. The Morgan fingerprint density at radius 2 is 2.31 bits per heavy atom. The number of ether oxygens (including phenoxy) is 1. The normalized spacial score (nSPS) is 8.81. The van der Waals surface area contributed by atoms with Gasteiger partial charge < -0.3 is 9.84 Å². The van der Waals surface area contributed by atoms with E-state index in [0.29, 0.717) is 0 Å². The second kappa shape index (κ2) is 5.51. The molecule has 0 saturated carbocycles. The first-order valence-electron chi connectivity index (χ1n) is 4.39. The largest absolute Gasteiger partial charge is 0.476 e. The lowest BCUT2D eigenvalue weighted by Crippen LogP contribution is -2.03. The van der Waals surface area contributed by atoms with Gasteiger partial charge in [0, 0.05) is 6.20 Å². The first-order chi connectivity index (χ1) is 7.65. The fourth-order valence-corrected chi connectivity index (χ4v) is 0.960. The lowest BCUT2D eigenvalue weighted by molar-refractivity contribution is -0.139. The van der Waals surface area contributed by atoms with Gasteiger partial charge in [0.2, 0.25) is 0 Å². The second-order valence-electron chi connectivity index (χ2n) is 2.76. The number of hydrogen-bond donors (Lipinski definition) is 1. The van der Waals surface area contributed by atoms with Crippen LogP contribution >= 0.6 is 0 Å². The van der Waals surface area contributed by atoms with Gasteiger partial charge in [-0.05, 0) is 12.1 Å². The van der Waals surface area contributed by atoms with Crippen molar-refractivity contribution in [1.29, 1.82) is 0 Å². The Balaban J connectivity index is 2.88. The zero-order valence-corrected chi connectivity index (χ0v) is 8.56. The molecule has 5 heteroatoms. The summed E-state index contributed by atoms with van der Waals surface area (Å²) >= 11 is 0.